The van der Waals surface area contributed by atoms with E-state index in [1.54, 1.807) is 0 Å². The molecule has 1 aromatic carbocycles. The van der Waals surface area contributed by atoms with E-state index in [0.717, 1.165) is 8.58 Å². The summed E-state index contributed by atoms with van der Waals surface area (Å²) in [6.45, 7) is 6.63. The van der Waals surface area contributed by atoms with E-state index in [1.165, 1.54) is 22.6 Å². The predicted molar refractivity (Wildman–Crippen MR) is 54.4 cm³/mol. The third kappa shape index (κ3) is 2.04. The summed E-state index contributed by atoms with van der Waals surface area (Å²) in [7, 11) is 0.982. The molecule has 0 N–H and O–H groups in total. The third-order valence-electron chi connectivity index (χ3n) is 1.97. The molecule has 0 saturated heterocycles. The van der Waals surface area contributed by atoms with E-state index in [-0.39, 0.29) is 0 Å². The van der Waals surface area contributed by atoms with E-state index in [4.69, 9.17) is 0 Å². The molecule has 0 spiro atoms. The monoisotopic (exact) mass is 166 g/mol. The molecule has 1 unspecified atom stereocenters. The van der Waals surface area contributed by atoms with Crippen molar-refractivity contribution in [3.63, 3.8) is 0 Å². The minimum atomic E-state index is 0.982. The van der Waals surface area contributed by atoms with Gasteiger partial charge in [0.2, 0.25) is 0 Å². The normalized spacial score (nSPS) is 11.2. The maximum absolute atomic E-state index is 2.24. The zero-order chi connectivity index (χ0) is 8.27. The zero-order valence-electron chi connectivity index (χ0n) is 7.44. The van der Waals surface area contributed by atoms with Gasteiger partial charge in [-0.1, -0.05) is 33.7 Å². The van der Waals surface area contributed by atoms with Crippen molar-refractivity contribution in [3.8, 4) is 0 Å². The van der Waals surface area contributed by atoms with Crippen LogP contribution in [0.15, 0.2) is 18.2 Å². The quantitative estimate of drug-likeness (QED) is 0.592. The largest absolute Gasteiger partial charge is 0.0904 e. The molecule has 0 nitrogen and oxygen atoms in total. The van der Waals surface area contributed by atoms with Crippen LogP contribution >= 0.6 is 8.58 Å². The van der Waals surface area contributed by atoms with Crippen molar-refractivity contribution < 1.29 is 0 Å². The van der Waals surface area contributed by atoms with Crippen LogP contribution in [0.3, 0.4) is 0 Å². The third-order valence-corrected chi connectivity index (χ3v) is 3.25. The first-order valence-electron chi connectivity index (χ1n) is 4.05. The highest BCUT2D eigenvalue weighted by atomic mass is 31.1. The maximum atomic E-state index is 2.24. The Morgan fingerprint density at radius 2 is 2.00 bits per heavy atom. The summed E-state index contributed by atoms with van der Waals surface area (Å²) in [5.41, 5.74) is 2.90. The van der Waals surface area contributed by atoms with Crippen LogP contribution in [0.2, 0.25) is 0 Å². The van der Waals surface area contributed by atoms with Crippen LogP contribution in [0.1, 0.15) is 18.1 Å². The molecule has 0 aliphatic carbocycles. The fourth-order valence-corrected chi connectivity index (χ4v) is 2.19. The minimum Gasteiger partial charge on any atom is -0.0904 e. The van der Waals surface area contributed by atoms with Gasteiger partial charge in [-0.15, -0.1) is 0 Å². The molecular formula is C10H15P. The average molecular weight is 166 g/mol. The van der Waals surface area contributed by atoms with Crippen molar-refractivity contribution in [1.29, 1.82) is 0 Å². The molecule has 0 heterocycles. The van der Waals surface area contributed by atoms with Gasteiger partial charge in [-0.05, 0) is 36.4 Å². The van der Waals surface area contributed by atoms with Gasteiger partial charge in [0.1, 0.15) is 0 Å². The molecular weight excluding hydrogens is 151 g/mol. The molecule has 60 valence electrons. The summed E-state index contributed by atoms with van der Waals surface area (Å²) in [5, 5.41) is 1.53. The Hall–Kier alpha value is -0.350. The van der Waals surface area contributed by atoms with Crippen LogP contribution in [0.5, 0.6) is 0 Å². The van der Waals surface area contributed by atoms with Crippen molar-refractivity contribution in [3.05, 3.63) is 29.3 Å². The fraction of sp³-hybridized carbons (Fsp3) is 0.400. The Balaban J connectivity index is 2.96. The van der Waals surface area contributed by atoms with Gasteiger partial charge in [-0.25, -0.2) is 0 Å². The van der Waals surface area contributed by atoms with Gasteiger partial charge in [-0.3, -0.25) is 0 Å². The lowest BCUT2D eigenvalue weighted by atomic mass is 10.1. The first kappa shape index (κ1) is 8.74. The standard InChI is InChI=1S/C10H15P/c1-4-11-10-7-5-6-8(2)9(10)3/h5-7,11H,4H2,1-3H3. The summed E-state index contributed by atoms with van der Waals surface area (Å²) in [4.78, 5) is 0. The van der Waals surface area contributed by atoms with Gasteiger partial charge < -0.3 is 0 Å². The summed E-state index contributed by atoms with van der Waals surface area (Å²) in [5.74, 6) is 0. The van der Waals surface area contributed by atoms with Crippen molar-refractivity contribution in [2.24, 2.45) is 0 Å². The molecule has 0 bridgehead atoms. The number of hydrogen-bond donors (Lipinski definition) is 0. The number of rotatable bonds is 2. The van der Waals surface area contributed by atoms with Crippen LogP contribution in [0.4, 0.5) is 0 Å². The average Bonchev–Trinajstić information content (AvgIpc) is 1.99. The highest BCUT2D eigenvalue weighted by Crippen LogP contribution is 2.14. The molecule has 0 aliphatic rings. The smallest absolute Gasteiger partial charge is 0.0240 e. The Labute approximate surface area is 70.8 Å². The second-order valence-corrected chi connectivity index (χ2v) is 4.38. The molecule has 0 fully saturated rings. The molecule has 0 aromatic heterocycles. The zero-order valence-corrected chi connectivity index (χ0v) is 8.44. The SMILES string of the molecule is CCPc1cccc(C)c1C. The van der Waals surface area contributed by atoms with Crippen molar-refractivity contribution in [2.45, 2.75) is 20.8 Å². The van der Waals surface area contributed by atoms with Crippen molar-refractivity contribution in [1.82, 2.24) is 0 Å². The van der Waals surface area contributed by atoms with Gasteiger partial charge in [0.25, 0.3) is 0 Å². The van der Waals surface area contributed by atoms with E-state index in [1.807, 2.05) is 0 Å². The van der Waals surface area contributed by atoms with Gasteiger partial charge in [0.05, 0.1) is 0 Å². The molecule has 1 atom stereocenters. The van der Waals surface area contributed by atoms with Crippen LogP contribution in [0.25, 0.3) is 0 Å². The minimum absolute atomic E-state index is 0.982. The van der Waals surface area contributed by atoms with Crippen molar-refractivity contribution in [2.75, 3.05) is 6.16 Å². The maximum Gasteiger partial charge on any atom is -0.0240 e. The van der Waals surface area contributed by atoms with E-state index >= 15 is 0 Å². The lowest BCUT2D eigenvalue weighted by molar-refractivity contribution is 1.37. The molecule has 0 aliphatic heterocycles. The first-order valence-corrected chi connectivity index (χ1v) is 5.26. The van der Waals surface area contributed by atoms with Gasteiger partial charge >= 0.3 is 0 Å². The Morgan fingerprint density at radius 3 is 2.64 bits per heavy atom. The van der Waals surface area contributed by atoms with E-state index in [2.05, 4.69) is 39.0 Å². The molecule has 0 radical (unpaired) electrons. The highest BCUT2D eigenvalue weighted by molar-refractivity contribution is 7.47. The van der Waals surface area contributed by atoms with E-state index in [9.17, 15) is 0 Å². The topological polar surface area (TPSA) is 0 Å². The van der Waals surface area contributed by atoms with Gasteiger partial charge in [-0.2, -0.15) is 0 Å². The van der Waals surface area contributed by atoms with Crippen LogP contribution in [-0.2, 0) is 0 Å². The number of aryl methyl sites for hydroxylation is 1. The summed E-state index contributed by atoms with van der Waals surface area (Å²) in [6.07, 6.45) is 1.27. The molecule has 11 heavy (non-hydrogen) atoms. The Morgan fingerprint density at radius 1 is 1.27 bits per heavy atom. The molecule has 1 rings (SSSR count). The fourth-order valence-electron chi connectivity index (χ4n) is 1.13. The van der Waals surface area contributed by atoms with Crippen LogP contribution < -0.4 is 5.30 Å². The lowest BCUT2D eigenvalue weighted by Gasteiger charge is -2.06. The molecule has 1 heteroatoms. The number of benzene rings is 1. The van der Waals surface area contributed by atoms with E-state index < -0.39 is 0 Å². The Kier molecular flexibility index (Phi) is 3.08. The van der Waals surface area contributed by atoms with E-state index in [0.29, 0.717) is 0 Å². The van der Waals surface area contributed by atoms with Gasteiger partial charge in [0.15, 0.2) is 0 Å². The lowest BCUT2D eigenvalue weighted by Crippen LogP contribution is -2.01. The Bertz CT molecular complexity index is 241. The van der Waals surface area contributed by atoms with Crippen molar-refractivity contribution >= 4 is 13.9 Å². The summed E-state index contributed by atoms with van der Waals surface area (Å²) >= 11 is 0. The van der Waals surface area contributed by atoms with Crippen LogP contribution in [-0.4, -0.2) is 6.16 Å². The first-order chi connectivity index (χ1) is 5.25. The second kappa shape index (κ2) is 3.88. The highest BCUT2D eigenvalue weighted by Gasteiger charge is 1.97. The van der Waals surface area contributed by atoms with Crippen LogP contribution in [0, 0.1) is 13.8 Å². The summed E-state index contributed by atoms with van der Waals surface area (Å²) < 4.78 is 0. The molecule has 0 saturated carbocycles. The second-order valence-electron chi connectivity index (χ2n) is 2.78. The summed E-state index contributed by atoms with van der Waals surface area (Å²) in [6, 6.07) is 6.57. The van der Waals surface area contributed by atoms with Gasteiger partial charge in [0, 0.05) is 0 Å². The molecule has 1 aromatic rings. The molecule has 0 amide bonds. The predicted octanol–water partition coefficient (Wildman–Crippen LogP) is 2.63. The number of hydrogen-bond acceptors (Lipinski definition) is 0.